The number of carbonyl (C=O) groups is 1. The number of rotatable bonds is 4. The summed E-state index contributed by atoms with van der Waals surface area (Å²) in [5.41, 5.74) is 1.96. The van der Waals surface area contributed by atoms with Gasteiger partial charge in [-0.1, -0.05) is 25.4 Å². The summed E-state index contributed by atoms with van der Waals surface area (Å²) >= 11 is 5.98. The van der Waals surface area contributed by atoms with Crippen LogP contribution in [0.4, 0.5) is 0 Å². The van der Waals surface area contributed by atoms with Gasteiger partial charge in [0.1, 0.15) is 5.52 Å². The van der Waals surface area contributed by atoms with E-state index < -0.39 is 11.4 Å². The smallest absolute Gasteiger partial charge is 0.303 e. The average Bonchev–Trinajstić information content (AvgIpc) is 2.56. The van der Waals surface area contributed by atoms with E-state index >= 15 is 0 Å². The van der Waals surface area contributed by atoms with Crippen molar-refractivity contribution in [3.8, 4) is 0 Å². The van der Waals surface area contributed by atoms with E-state index in [1.807, 2.05) is 26.8 Å². The van der Waals surface area contributed by atoms with Gasteiger partial charge in [-0.05, 0) is 30.0 Å². The highest BCUT2D eigenvalue weighted by Crippen LogP contribution is 2.29. The Morgan fingerprint density at radius 1 is 1.47 bits per heavy atom. The maximum atomic E-state index is 10.8. The molecule has 4 nitrogen and oxygen atoms in total. The fraction of sp³-hybridized carbons (Fsp3) is 0.429. The summed E-state index contributed by atoms with van der Waals surface area (Å²) in [4.78, 5) is 15.2. The van der Waals surface area contributed by atoms with Crippen molar-refractivity contribution in [1.82, 2.24) is 4.98 Å². The van der Waals surface area contributed by atoms with Crippen LogP contribution in [0, 0.1) is 12.3 Å². The van der Waals surface area contributed by atoms with Crippen LogP contribution in [0.5, 0.6) is 0 Å². The molecule has 102 valence electrons. The number of oxazole rings is 1. The molecule has 0 aliphatic rings. The second-order valence-electron chi connectivity index (χ2n) is 5.59. The molecule has 0 fully saturated rings. The Hall–Kier alpha value is -1.55. The normalized spacial score (nSPS) is 12.0. The fourth-order valence-corrected chi connectivity index (χ4v) is 2.43. The molecule has 0 atom stereocenters. The van der Waals surface area contributed by atoms with E-state index in [1.165, 1.54) is 0 Å². The van der Waals surface area contributed by atoms with Crippen LogP contribution >= 0.6 is 11.6 Å². The van der Waals surface area contributed by atoms with Crippen LogP contribution in [-0.4, -0.2) is 16.1 Å². The predicted molar refractivity (Wildman–Crippen MR) is 73.5 cm³/mol. The van der Waals surface area contributed by atoms with Crippen LogP contribution in [0.15, 0.2) is 16.5 Å². The molecule has 0 saturated heterocycles. The molecule has 0 unspecified atom stereocenters. The number of fused-ring (bicyclic) bond motifs is 1. The lowest BCUT2D eigenvalue weighted by atomic mass is 9.86. The highest BCUT2D eigenvalue weighted by atomic mass is 35.5. The van der Waals surface area contributed by atoms with E-state index in [4.69, 9.17) is 21.1 Å². The lowest BCUT2D eigenvalue weighted by molar-refractivity contribution is -0.139. The molecule has 1 heterocycles. The van der Waals surface area contributed by atoms with Crippen molar-refractivity contribution in [3.63, 3.8) is 0 Å². The summed E-state index contributed by atoms with van der Waals surface area (Å²) in [6.45, 7) is 5.68. The van der Waals surface area contributed by atoms with E-state index in [0.29, 0.717) is 28.4 Å². The van der Waals surface area contributed by atoms with Crippen molar-refractivity contribution < 1.29 is 14.3 Å². The van der Waals surface area contributed by atoms with Gasteiger partial charge in [0.2, 0.25) is 0 Å². The maximum Gasteiger partial charge on any atom is 0.303 e. The number of aromatic nitrogens is 1. The topological polar surface area (TPSA) is 63.3 Å². The zero-order valence-corrected chi connectivity index (χ0v) is 11.9. The van der Waals surface area contributed by atoms with Crippen molar-refractivity contribution >= 4 is 28.7 Å². The number of carboxylic acid groups (broad SMARTS) is 1. The Morgan fingerprint density at radius 2 is 2.16 bits per heavy atom. The highest BCUT2D eigenvalue weighted by Gasteiger charge is 2.25. The lowest BCUT2D eigenvalue weighted by Crippen LogP contribution is -2.19. The molecular formula is C14H16ClNO3. The van der Waals surface area contributed by atoms with Gasteiger partial charge in [-0.2, -0.15) is 0 Å². The Labute approximate surface area is 116 Å². The Balaban J connectivity index is 2.32. The van der Waals surface area contributed by atoms with Crippen molar-refractivity contribution in [2.75, 3.05) is 0 Å². The standard InChI is InChI=1S/C14H16ClNO3/c1-8-4-9(15)5-10-13(8)19-11(16-10)6-14(2,3)7-12(17)18/h4-5H,6-7H2,1-3H3,(H,17,18). The minimum Gasteiger partial charge on any atom is -0.481 e. The molecule has 5 heteroatoms. The monoisotopic (exact) mass is 281 g/mol. The van der Waals surface area contributed by atoms with E-state index in [1.54, 1.807) is 6.07 Å². The van der Waals surface area contributed by atoms with Gasteiger partial charge in [-0.15, -0.1) is 0 Å². The van der Waals surface area contributed by atoms with Crippen molar-refractivity contribution in [2.45, 2.75) is 33.6 Å². The molecule has 0 aliphatic carbocycles. The minimum absolute atomic E-state index is 0.0749. The number of nitrogens with zero attached hydrogens (tertiary/aromatic N) is 1. The van der Waals surface area contributed by atoms with Gasteiger partial charge in [-0.3, -0.25) is 4.79 Å². The third-order valence-electron chi connectivity index (χ3n) is 2.94. The molecule has 0 bridgehead atoms. The molecule has 0 amide bonds. The average molecular weight is 282 g/mol. The van der Waals surface area contributed by atoms with Gasteiger partial charge in [-0.25, -0.2) is 4.98 Å². The lowest BCUT2D eigenvalue weighted by Gasteiger charge is -2.19. The summed E-state index contributed by atoms with van der Waals surface area (Å²) in [5, 5.41) is 9.50. The fourth-order valence-electron chi connectivity index (χ4n) is 2.16. The molecule has 0 aliphatic heterocycles. The van der Waals surface area contributed by atoms with E-state index in [-0.39, 0.29) is 6.42 Å². The molecule has 2 aromatic rings. The number of carboxylic acids is 1. The van der Waals surface area contributed by atoms with Crippen LogP contribution < -0.4 is 0 Å². The number of aryl methyl sites for hydroxylation is 1. The Kier molecular flexibility index (Phi) is 3.54. The van der Waals surface area contributed by atoms with Crippen LogP contribution in [-0.2, 0) is 11.2 Å². The quantitative estimate of drug-likeness (QED) is 0.925. The third kappa shape index (κ3) is 3.26. The maximum absolute atomic E-state index is 10.8. The first-order chi connectivity index (χ1) is 8.77. The summed E-state index contributed by atoms with van der Waals surface area (Å²) < 4.78 is 5.71. The van der Waals surface area contributed by atoms with Gasteiger partial charge in [0.15, 0.2) is 11.5 Å². The molecule has 0 spiro atoms. The van der Waals surface area contributed by atoms with Crippen LogP contribution in [0.3, 0.4) is 0 Å². The molecule has 1 aromatic heterocycles. The van der Waals surface area contributed by atoms with Gasteiger partial charge < -0.3 is 9.52 Å². The number of halogens is 1. The Bertz CT molecular complexity index is 631. The van der Waals surface area contributed by atoms with E-state index in [0.717, 1.165) is 5.56 Å². The first kappa shape index (κ1) is 13.9. The van der Waals surface area contributed by atoms with Gasteiger partial charge in [0.05, 0.1) is 6.42 Å². The third-order valence-corrected chi connectivity index (χ3v) is 3.16. The first-order valence-corrected chi connectivity index (χ1v) is 6.42. The zero-order chi connectivity index (χ0) is 14.2. The zero-order valence-electron chi connectivity index (χ0n) is 11.2. The van der Waals surface area contributed by atoms with Crippen LogP contribution in [0.25, 0.3) is 11.1 Å². The molecule has 0 saturated carbocycles. The largest absolute Gasteiger partial charge is 0.481 e. The van der Waals surface area contributed by atoms with Crippen molar-refractivity contribution in [1.29, 1.82) is 0 Å². The van der Waals surface area contributed by atoms with Gasteiger partial charge in [0.25, 0.3) is 0 Å². The molecule has 2 rings (SSSR count). The number of aliphatic carboxylic acids is 1. The first-order valence-electron chi connectivity index (χ1n) is 6.04. The minimum atomic E-state index is -0.819. The summed E-state index contributed by atoms with van der Waals surface area (Å²) in [6, 6.07) is 3.57. The number of benzene rings is 1. The van der Waals surface area contributed by atoms with Gasteiger partial charge in [0, 0.05) is 11.4 Å². The molecular weight excluding hydrogens is 266 g/mol. The summed E-state index contributed by atoms with van der Waals surface area (Å²) in [5.74, 6) is -0.271. The number of hydrogen-bond acceptors (Lipinski definition) is 3. The van der Waals surface area contributed by atoms with Crippen molar-refractivity contribution in [2.24, 2.45) is 5.41 Å². The van der Waals surface area contributed by atoms with E-state index in [2.05, 4.69) is 4.98 Å². The molecule has 1 N–H and O–H groups in total. The highest BCUT2D eigenvalue weighted by molar-refractivity contribution is 6.31. The molecule has 19 heavy (non-hydrogen) atoms. The van der Waals surface area contributed by atoms with E-state index in [9.17, 15) is 4.79 Å². The second kappa shape index (κ2) is 4.85. The predicted octanol–water partition coefficient (Wildman–Crippen LogP) is 3.83. The van der Waals surface area contributed by atoms with Crippen LogP contribution in [0.1, 0.15) is 31.7 Å². The summed E-state index contributed by atoms with van der Waals surface area (Å²) in [7, 11) is 0. The SMILES string of the molecule is Cc1cc(Cl)cc2nc(CC(C)(C)CC(=O)O)oc12. The molecule has 1 aromatic carbocycles. The van der Waals surface area contributed by atoms with Gasteiger partial charge >= 0.3 is 5.97 Å². The second-order valence-corrected chi connectivity index (χ2v) is 6.03. The van der Waals surface area contributed by atoms with Crippen molar-refractivity contribution in [3.05, 3.63) is 28.6 Å². The molecule has 0 radical (unpaired) electrons. The Morgan fingerprint density at radius 3 is 2.79 bits per heavy atom. The number of hydrogen-bond donors (Lipinski definition) is 1. The summed E-state index contributed by atoms with van der Waals surface area (Å²) in [6.07, 6.45) is 0.552. The van der Waals surface area contributed by atoms with Crippen LogP contribution in [0.2, 0.25) is 5.02 Å².